The van der Waals surface area contributed by atoms with Crippen LogP contribution in [0.4, 0.5) is 0 Å². The summed E-state index contributed by atoms with van der Waals surface area (Å²) in [6, 6.07) is 16.6. The van der Waals surface area contributed by atoms with Gasteiger partial charge in [-0.05, 0) is 54.3 Å². The lowest BCUT2D eigenvalue weighted by atomic mass is 10.0. The Balaban J connectivity index is 1.48. The van der Waals surface area contributed by atoms with Gasteiger partial charge in [0.15, 0.2) is 5.78 Å². The number of ketones is 1. The van der Waals surface area contributed by atoms with Crippen LogP contribution < -0.4 is 16.0 Å². The lowest BCUT2D eigenvalue weighted by molar-refractivity contribution is -0.127. The van der Waals surface area contributed by atoms with Gasteiger partial charge in [0.25, 0.3) is 5.91 Å². The normalized spacial score (nSPS) is 11.5. The second kappa shape index (κ2) is 14.4. The van der Waals surface area contributed by atoms with E-state index in [4.69, 9.17) is 23.2 Å². The van der Waals surface area contributed by atoms with Crippen LogP contribution in [0.5, 0.6) is 0 Å². The zero-order valence-electron chi connectivity index (χ0n) is 21.7. The summed E-state index contributed by atoms with van der Waals surface area (Å²) >= 11 is 11.9. The Kier molecular flexibility index (Phi) is 11.0. The van der Waals surface area contributed by atoms with E-state index in [0.29, 0.717) is 11.4 Å². The van der Waals surface area contributed by atoms with Crippen LogP contribution in [-0.4, -0.2) is 47.6 Å². The number of hydrogen-bond donors (Lipinski definition) is 3. The van der Waals surface area contributed by atoms with E-state index >= 15 is 0 Å². The van der Waals surface area contributed by atoms with Crippen molar-refractivity contribution in [3.05, 3.63) is 88.0 Å². The van der Waals surface area contributed by atoms with Crippen LogP contribution in [0.3, 0.4) is 0 Å². The van der Waals surface area contributed by atoms with Gasteiger partial charge < -0.3 is 16.0 Å². The fourth-order valence-electron chi connectivity index (χ4n) is 3.77. The smallest absolute Gasteiger partial charge is 0.251 e. The highest BCUT2D eigenvalue weighted by Crippen LogP contribution is 2.23. The molecule has 39 heavy (non-hydrogen) atoms. The van der Waals surface area contributed by atoms with Crippen molar-refractivity contribution in [3.8, 4) is 11.3 Å². The molecule has 1 atom stereocenters. The van der Waals surface area contributed by atoms with Crippen LogP contribution >= 0.6 is 23.2 Å². The quantitative estimate of drug-likeness (QED) is 0.302. The Morgan fingerprint density at radius 2 is 1.64 bits per heavy atom. The molecular formula is C29H30Cl2N4O4. The fourth-order valence-corrected chi connectivity index (χ4v) is 4.07. The van der Waals surface area contributed by atoms with E-state index in [1.54, 1.807) is 6.20 Å². The molecule has 1 heterocycles. The van der Waals surface area contributed by atoms with Gasteiger partial charge in [-0.1, -0.05) is 61.3 Å². The van der Waals surface area contributed by atoms with Gasteiger partial charge in [-0.15, -0.1) is 0 Å². The summed E-state index contributed by atoms with van der Waals surface area (Å²) in [7, 11) is 0. The second-order valence-electron chi connectivity index (χ2n) is 9.41. The van der Waals surface area contributed by atoms with Crippen LogP contribution in [0.2, 0.25) is 10.0 Å². The van der Waals surface area contributed by atoms with E-state index in [2.05, 4.69) is 20.9 Å². The number of nitrogens with zero attached hydrogens (tertiary/aromatic N) is 1. The minimum absolute atomic E-state index is 0.0948. The number of carbonyl (C=O) groups is 4. The van der Waals surface area contributed by atoms with Gasteiger partial charge in [0, 0.05) is 17.3 Å². The SMILES string of the molecule is CC(C)C[C@H](NC(=O)c1ccc(Cl)c(Cl)c1)C(=O)NCC(=O)CNC(=O)Cc1cccc(-c2ccccn2)c1. The summed E-state index contributed by atoms with van der Waals surface area (Å²) in [5.41, 5.74) is 2.73. The molecule has 8 nitrogen and oxygen atoms in total. The first kappa shape index (κ1) is 29.8. The van der Waals surface area contributed by atoms with Crippen molar-refractivity contribution in [3.63, 3.8) is 0 Å². The van der Waals surface area contributed by atoms with Gasteiger partial charge in [-0.25, -0.2) is 0 Å². The molecule has 3 aromatic rings. The van der Waals surface area contributed by atoms with Gasteiger partial charge >= 0.3 is 0 Å². The molecule has 10 heteroatoms. The number of amides is 3. The van der Waals surface area contributed by atoms with E-state index in [9.17, 15) is 19.2 Å². The van der Waals surface area contributed by atoms with Crippen molar-refractivity contribution in [1.29, 1.82) is 0 Å². The highest BCUT2D eigenvalue weighted by molar-refractivity contribution is 6.42. The van der Waals surface area contributed by atoms with Crippen LogP contribution in [0, 0.1) is 5.92 Å². The molecule has 0 saturated carbocycles. The molecule has 0 spiro atoms. The minimum Gasteiger partial charge on any atom is -0.349 e. The van der Waals surface area contributed by atoms with Crippen molar-refractivity contribution < 1.29 is 19.2 Å². The molecule has 3 rings (SSSR count). The Morgan fingerprint density at radius 1 is 0.872 bits per heavy atom. The molecule has 0 bridgehead atoms. The van der Waals surface area contributed by atoms with Crippen molar-refractivity contribution in [1.82, 2.24) is 20.9 Å². The third-order valence-corrected chi connectivity index (χ3v) is 6.44. The summed E-state index contributed by atoms with van der Waals surface area (Å²) in [5, 5.41) is 8.37. The molecule has 0 radical (unpaired) electrons. The lowest BCUT2D eigenvalue weighted by Crippen LogP contribution is -2.49. The largest absolute Gasteiger partial charge is 0.349 e. The standard InChI is InChI=1S/C29H30Cl2N4O4/c1-18(2)12-26(35-28(38)21-9-10-23(30)24(31)15-21)29(39)34-17-22(36)16-33-27(37)14-19-6-5-7-20(13-19)25-8-3-4-11-32-25/h3-11,13,15,18,26H,12,14,16-17H2,1-2H3,(H,33,37)(H,34,39)(H,35,38)/t26-/m0/s1. The second-order valence-corrected chi connectivity index (χ2v) is 10.2. The van der Waals surface area contributed by atoms with E-state index in [1.807, 2.05) is 56.3 Å². The third-order valence-electron chi connectivity index (χ3n) is 5.71. The Morgan fingerprint density at radius 3 is 2.33 bits per heavy atom. The molecule has 3 amide bonds. The van der Waals surface area contributed by atoms with Gasteiger partial charge in [0.05, 0.1) is 35.2 Å². The van der Waals surface area contributed by atoms with Crippen molar-refractivity contribution in [2.75, 3.05) is 13.1 Å². The van der Waals surface area contributed by atoms with Crippen LogP contribution in [-0.2, 0) is 20.8 Å². The number of aromatic nitrogens is 1. The van der Waals surface area contributed by atoms with Crippen molar-refractivity contribution >= 4 is 46.7 Å². The molecule has 0 aliphatic heterocycles. The van der Waals surface area contributed by atoms with Crippen LogP contribution in [0.1, 0.15) is 36.2 Å². The predicted molar refractivity (Wildman–Crippen MR) is 152 cm³/mol. The number of pyridine rings is 1. The first-order chi connectivity index (χ1) is 18.6. The van der Waals surface area contributed by atoms with Gasteiger partial charge in [-0.3, -0.25) is 24.2 Å². The number of nitrogens with one attached hydrogen (secondary N) is 3. The summed E-state index contributed by atoms with van der Waals surface area (Å²) in [6.45, 7) is 3.31. The highest BCUT2D eigenvalue weighted by Gasteiger charge is 2.23. The number of hydrogen-bond acceptors (Lipinski definition) is 5. The number of rotatable bonds is 12. The molecule has 3 N–H and O–H groups in total. The number of carbonyl (C=O) groups excluding carboxylic acids is 4. The average Bonchev–Trinajstić information content (AvgIpc) is 2.92. The maximum Gasteiger partial charge on any atom is 0.251 e. The van der Waals surface area contributed by atoms with Crippen LogP contribution in [0.25, 0.3) is 11.3 Å². The summed E-state index contributed by atoms with van der Waals surface area (Å²) in [4.78, 5) is 54.5. The van der Waals surface area contributed by atoms with E-state index < -0.39 is 17.9 Å². The molecule has 0 saturated heterocycles. The zero-order valence-corrected chi connectivity index (χ0v) is 23.2. The van der Waals surface area contributed by atoms with Gasteiger partial charge in [0.2, 0.25) is 11.8 Å². The Bertz CT molecular complexity index is 1330. The Hall–Kier alpha value is -3.75. The van der Waals surface area contributed by atoms with Crippen molar-refractivity contribution in [2.24, 2.45) is 5.92 Å². The minimum atomic E-state index is -0.860. The Labute approximate surface area is 237 Å². The summed E-state index contributed by atoms with van der Waals surface area (Å²) in [6.07, 6.45) is 2.16. The van der Waals surface area contributed by atoms with Crippen molar-refractivity contribution in [2.45, 2.75) is 32.7 Å². The zero-order chi connectivity index (χ0) is 28.4. The molecule has 0 aliphatic carbocycles. The number of benzene rings is 2. The van der Waals surface area contributed by atoms with E-state index in [-0.39, 0.29) is 47.7 Å². The molecular weight excluding hydrogens is 539 g/mol. The summed E-state index contributed by atoms with van der Waals surface area (Å²) in [5.74, 6) is -1.58. The monoisotopic (exact) mass is 568 g/mol. The topological polar surface area (TPSA) is 117 Å². The first-order valence-electron chi connectivity index (χ1n) is 12.4. The molecule has 0 unspecified atom stereocenters. The van der Waals surface area contributed by atoms with E-state index in [0.717, 1.165) is 16.8 Å². The fraction of sp³-hybridized carbons (Fsp3) is 0.276. The maximum atomic E-state index is 12.8. The summed E-state index contributed by atoms with van der Waals surface area (Å²) < 4.78 is 0. The van der Waals surface area contributed by atoms with Gasteiger partial charge in [-0.2, -0.15) is 0 Å². The number of halogens is 2. The molecule has 204 valence electrons. The van der Waals surface area contributed by atoms with Gasteiger partial charge in [0.1, 0.15) is 6.04 Å². The van der Waals surface area contributed by atoms with Crippen LogP contribution in [0.15, 0.2) is 66.9 Å². The lowest BCUT2D eigenvalue weighted by Gasteiger charge is -2.20. The first-order valence-corrected chi connectivity index (χ1v) is 13.2. The molecule has 1 aromatic heterocycles. The average molecular weight is 569 g/mol. The maximum absolute atomic E-state index is 12.8. The van der Waals surface area contributed by atoms with E-state index in [1.165, 1.54) is 18.2 Å². The number of Topliss-reactive ketones (excluding diaryl/α,β-unsaturated/α-hetero) is 1. The molecule has 0 fully saturated rings. The highest BCUT2D eigenvalue weighted by atomic mass is 35.5. The molecule has 0 aliphatic rings. The predicted octanol–water partition coefficient (Wildman–Crippen LogP) is 4.24. The third kappa shape index (κ3) is 9.50. The molecule has 2 aromatic carbocycles.